The maximum absolute atomic E-state index is 13.5. The molecule has 1 amide bonds. The Morgan fingerprint density at radius 3 is 2.52 bits per heavy atom. The lowest BCUT2D eigenvalue weighted by atomic mass is 10.1. The summed E-state index contributed by atoms with van der Waals surface area (Å²) in [6, 6.07) is 12.6. The zero-order chi connectivity index (χ0) is 21.0. The highest BCUT2D eigenvalue weighted by Crippen LogP contribution is 2.37. The second-order valence-corrected chi connectivity index (χ2v) is 6.75. The van der Waals surface area contributed by atoms with Crippen molar-refractivity contribution in [2.24, 2.45) is 0 Å². The van der Waals surface area contributed by atoms with E-state index in [2.05, 4.69) is 10.4 Å². The normalized spacial score (nSPS) is 11.3. The lowest BCUT2D eigenvalue weighted by Gasteiger charge is -2.13. The van der Waals surface area contributed by atoms with Gasteiger partial charge in [0.25, 0.3) is 0 Å². The van der Waals surface area contributed by atoms with E-state index in [1.807, 2.05) is 0 Å². The minimum Gasteiger partial charge on any atom is -0.406 e. The van der Waals surface area contributed by atoms with E-state index in [0.29, 0.717) is 21.1 Å². The Morgan fingerprint density at radius 1 is 1.14 bits per heavy atom. The van der Waals surface area contributed by atoms with Gasteiger partial charge in [-0.05, 0) is 36.2 Å². The van der Waals surface area contributed by atoms with Crippen molar-refractivity contribution >= 4 is 29.3 Å². The quantitative estimate of drug-likeness (QED) is 0.563. The molecule has 3 rings (SSSR count). The highest BCUT2D eigenvalue weighted by molar-refractivity contribution is 6.35. The van der Waals surface area contributed by atoms with Crippen molar-refractivity contribution in [2.45, 2.75) is 12.6 Å². The Kier molecular flexibility index (Phi) is 6.34. The third kappa shape index (κ3) is 5.21. The van der Waals surface area contributed by atoms with E-state index >= 15 is 0 Å². The number of hydrogen-bond donors (Lipinski definition) is 1. The molecule has 0 atom stereocenters. The molecule has 0 saturated carbocycles. The number of carbonyl (C=O) groups is 1. The molecule has 1 N–H and O–H groups in total. The number of carbonyl (C=O) groups excluding carboxylic acids is 1. The molecule has 0 bridgehead atoms. The predicted octanol–water partition coefficient (Wildman–Crippen LogP) is 5.53. The summed E-state index contributed by atoms with van der Waals surface area (Å²) in [4.78, 5) is 12.0. The number of aromatic nitrogens is 2. The van der Waals surface area contributed by atoms with Crippen molar-refractivity contribution in [3.05, 3.63) is 76.0 Å². The van der Waals surface area contributed by atoms with Crippen LogP contribution in [-0.2, 0) is 12.6 Å². The van der Waals surface area contributed by atoms with Gasteiger partial charge in [0, 0.05) is 16.6 Å². The Balaban J connectivity index is 1.69. The molecule has 0 aliphatic rings. The number of para-hydroxylation sites is 1. The summed E-state index contributed by atoms with van der Waals surface area (Å²) >= 11 is 11.9. The number of benzene rings is 2. The average molecular weight is 444 g/mol. The Hall–Kier alpha value is -2.71. The van der Waals surface area contributed by atoms with Crippen LogP contribution in [0.5, 0.6) is 5.75 Å². The summed E-state index contributed by atoms with van der Waals surface area (Å²) in [5.41, 5.74) is -0.267. The van der Waals surface area contributed by atoms with Crippen molar-refractivity contribution in [1.29, 1.82) is 0 Å². The van der Waals surface area contributed by atoms with E-state index in [4.69, 9.17) is 27.9 Å². The van der Waals surface area contributed by atoms with Crippen molar-refractivity contribution in [3.8, 4) is 11.4 Å². The van der Waals surface area contributed by atoms with Gasteiger partial charge in [-0.25, -0.2) is 9.48 Å². The SMILES string of the molecule is O=C(NCCc1ccc(Cl)cc1Cl)Oc1cnn(-c2ccccc2)c1C(F)(F)F. The molecule has 10 heteroatoms. The van der Waals surface area contributed by atoms with Crippen LogP contribution in [0.25, 0.3) is 5.69 Å². The van der Waals surface area contributed by atoms with Crippen molar-refractivity contribution in [3.63, 3.8) is 0 Å². The number of hydrogen-bond acceptors (Lipinski definition) is 3. The van der Waals surface area contributed by atoms with Crippen LogP contribution in [0.4, 0.5) is 18.0 Å². The van der Waals surface area contributed by atoms with Gasteiger partial charge in [0.05, 0.1) is 11.9 Å². The van der Waals surface area contributed by atoms with E-state index in [0.717, 1.165) is 11.8 Å². The zero-order valence-corrected chi connectivity index (χ0v) is 16.2. The summed E-state index contributed by atoms with van der Waals surface area (Å²) in [6.45, 7) is 0.106. The van der Waals surface area contributed by atoms with Crippen LogP contribution in [0.15, 0.2) is 54.7 Å². The van der Waals surface area contributed by atoms with Gasteiger partial charge < -0.3 is 10.1 Å². The summed E-state index contributed by atoms with van der Waals surface area (Å²) in [5, 5.41) is 7.01. The standard InChI is InChI=1S/C19H14Cl2F3N3O2/c20-13-7-6-12(15(21)10-13)8-9-25-18(28)29-16-11-26-27(17(16)19(22,23)24)14-4-2-1-3-5-14/h1-7,10-11H,8-9H2,(H,25,28). The van der Waals surface area contributed by atoms with Gasteiger partial charge in [-0.1, -0.05) is 47.5 Å². The van der Waals surface area contributed by atoms with Crippen LogP contribution in [0.2, 0.25) is 10.0 Å². The highest BCUT2D eigenvalue weighted by atomic mass is 35.5. The first-order valence-corrected chi connectivity index (χ1v) is 9.11. The lowest BCUT2D eigenvalue weighted by Crippen LogP contribution is -2.29. The van der Waals surface area contributed by atoms with Crippen molar-refractivity contribution in [1.82, 2.24) is 15.1 Å². The number of nitrogens with one attached hydrogen (secondary N) is 1. The summed E-state index contributed by atoms with van der Waals surface area (Å²) in [6.07, 6.45) is -4.61. The molecular weight excluding hydrogens is 430 g/mol. The summed E-state index contributed by atoms with van der Waals surface area (Å²) in [7, 11) is 0. The molecule has 0 fully saturated rings. The van der Waals surface area contributed by atoms with Gasteiger partial charge in [-0.3, -0.25) is 0 Å². The largest absolute Gasteiger partial charge is 0.437 e. The van der Waals surface area contributed by atoms with Gasteiger partial charge in [0.15, 0.2) is 11.4 Å². The second kappa shape index (κ2) is 8.75. The third-order valence-electron chi connectivity index (χ3n) is 3.89. The van der Waals surface area contributed by atoms with E-state index in [9.17, 15) is 18.0 Å². The fourth-order valence-corrected chi connectivity index (χ4v) is 3.10. The number of nitrogens with zero attached hydrogens (tertiary/aromatic N) is 2. The van der Waals surface area contributed by atoms with Crippen molar-refractivity contribution < 1.29 is 22.7 Å². The fraction of sp³-hybridized carbons (Fsp3) is 0.158. The van der Waals surface area contributed by atoms with E-state index < -0.39 is 23.7 Å². The van der Waals surface area contributed by atoms with E-state index in [1.165, 1.54) is 12.1 Å². The highest BCUT2D eigenvalue weighted by Gasteiger charge is 2.40. The lowest BCUT2D eigenvalue weighted by molar-refractivity contribution is -0.143. The summed E-state index contributed by atoms with van der Waals surface area (Å²) < 4.78 is 46.1. The third-order valence-corrected chi connectivity index (χ3v) is 4.47. The average Bonchev–Trinajstić information content (AvgIpc) is 3.08. The van der Waals surface area contributed by atoms with Gasteiger partial charge in [0.2, 0.25) is 0 Å². The van der Waals surface area contributed by atoms with Crippen molar-refractivity contribution in [2.75, 3.05) is 6.54 Å². The monoisotopic (exact) mass is 443 g/mol. The van der Waals surface area contributed by atoms with Gasteiger partial charge >= 0.3 is 12.3 Å². The molecule has 0 aliphatic heterocycles. The number of alkyl halides is 3. The Morgan fingerprint density at radius 2 is 1.86 bits per heavy atom. The second-order valence-electron chi connectivity index (χ2n) is 5.90. The molecule has 3 aromatic rings. The van der Waals surface area contributed by atoms with Crippen LogP contribution in [0.1, 0.15) is 11.3 Å². The van der Waals surface area contributed by atoms with Gasteiger partial charge in [-0.15, -0.1) is 0 Å². The first-order valence-electron chi connectivity index (χ1n) is 8.36. The maximum Gasteiger partial charge on any atom is 0.437 e. The van der Waals surface area contributed by atoms with E-state index in [1.54, 1.807) is 36.4 Å². The molecule has 152 valence electrons. The molecule has 0 unspecified atom stereocenters. The zero-order valence-electron chi connectivity index (χ0n) is 14.7. The molecule has 0 spiro atoms. The number of halogens is 5. The maximum atomic E-state index is 13.5. The van der Waals surface area contributed by atoms with Crippen LogP contribution in [0, 0.1) is 0 Å². The molecule has 0 aliphatic carbocycles. The number of ether oxygens (including phenoxy) is 1. The molecular formula is C19H14Cl2F3N3O2. The number of rotatable bonds is 5. The minimum atomic E-state index is -4.78. The minimum absolute atomic E-state index is 0.106. The van der Waals surface area contributed by atoms with Crippen LogP contribution in [-0.4, -0.2) is 22.4 Å². The van der Waals surface area contributed by atoms with Crippen LogP contribution in [0.3, 0.4) is 0 Å². The first kappa shape index (κ1) is 21.0. The van der Waals surface area contributed by atoms with Crippen LogP contribution >= 0.6 is 23.2 Å². The number of amides is 1. The molecule has 1 aromatic heterocycles. The van der Waals surface area contributed by atoms with Gasteiger partial charge in [-0.2, -0.15) is 18.3 Å². The topological polar surface area (TPSA) is 56.1 Å². The Bertz CT molecular complexity index is 1010. The molecule has 1 heterocycles. The molecule has 2 aromatic carbocycles. The molecule has 0 saturated heterocycles. The molecule has 29 heavy (non-hydrogen) atoms. The predicted molar refractivity (Wildman–Crippen MR) is 103 cm³/mol. The Labute approximate surface area is 174 Å². The van der Waals surface area contributed by atoms with Crippen LogP contribution < -0.4 is 10.1 Å². The molecule has 0 radical (unpaired) electrons. The smallest absolute Gasteiger partial charge is 0.406 e. The van der Waals surface area contributed by atoms with E-state index in [-0.39, 0.29) is 12.2 Å². The van der Waals surface area contributed by atoms with Gasteiger partial charge in [0.1, 0.15) is 0 Å². The molecule has 5 nitrogen and oxygen atoms in total. The first-order chi connectivity index (χ1) is 13.8. The summed E-state index contributed by atoms with van der Waals surface area (Å²) in [5.74, 6) is -0.691. The fourth-order valence-electron chi connectivity index (χ4n) is 2.59.